The van der Waals surface area contributed by atoms with Gasteiger partial charge >= 0.3 is 0 Å². The Labute approximate surface area is 164 Å². The van der Waals surface area contributed by atoms with Gasteiger partial charge in [-0.1, -0.05) is 44.2 Å². The van der Waals surface area contributed by atoms with E-state index < -0.39 is 14.6 Å². The molecule has 1 aliphatic rings. The lowest BCUT2D eigenvalue weighted by atomic mass is 10.0. The zero-order valence-corrected chi connectivity index (χ0v) is 17.2. The summed E-state index contributed by atoms with van der Waals surface area (Å²) in [6, 6.07) is 12.4. The van der Waals surface area contributed by atoms with Crippen LogP contribution in [0.4, 0.5) is 5.82 Å². The number of hydrogen-bond acceptors (Lipinski definition) is 6. The maximum atomic E-state index is 12.7. The number of nitrogens with zero attached hydrogens (tertiary/aromatic N) is 3. The van der Waals surface area contributed by atoms with Gasteiger partial charge in [-0.2, -0.15) is 0 Å². The number of thiophene rings is 1. The first-order chi connectivity index (χ1) is 13.0. The number of aromatic nitrogens is 2. The number of hydrogen-bond donors (Lipinski definition) is 0. The predicted octanol–water partition coefficient (Wildman–Crippen LogP) is 4.15. The fourth-order valence-corrected chi connectivity index (χ4v) is 7.03. The summed E-state index contributed by atoms with van der Waals surface area (Å²) in [6.45, 7) is 4.91. The van der Waals surface area contributed by atoms with Crippen LogP contribution < -0.4 is 4.90 Å². The quantitative estimate of drug-likeness (QED) is 0.657. The number of rotatable bonds is 4. The first kappa shape index (κ1) is 18.4. The van der Waals surface area contributed by atoms with Crippen molar-refractivity contribution in [1.29, 1.82) is 0 Å². The molecular weight excluding hydrogens is 378 g/mol. The van der Waals surface area contributed by atoms with Crippen molar-refractivity contribution in [2.75, 3.05) is 23.7 Å². The summed E-state index contributed by atoms with van der Waals surface area (Å²) in [4.78, 5) is 13.2. The second-order valence-corrected chi connectivity index (χ2v) is 10.6. The Morgan fingerprint density at radius 2 is 1.89 bits per heavy atom. The normalized spacial score (nSPS) is 18.7. The second kappa shape index (κ2) is 6.87. The zero-order valence-electron chi connectivity index (χ0n) is 15.6. The van der Waals surface area contributed by atoms with Gasteiger partial charge in [0.15, 0.2) is 9.84 Å². The third-order valence-corrected chi connectivity index (χ3v) is 9.56. The molecule has 27 heavy (non-hydrogen) atoms. The average molecular weight is 402 g/mol. The van der Waals surface area contributed by atoms with E-state index in [1.807, 2.05) is 32.0 Å². The second-order valence-electron chi connectivity index (χ2n) is 7.02. The highest BCUT2D eigenvalue weighted by molar-refractivity contribution is 7.92. The highest BCUT2D eigenvalue weighted by atomic mass is 32.2. The Bertz CT molecular complexity index is 1060. The van der Waals surface area contributed by atoms with E-state index >= 15 is 0 Å². The van der Waals surface area contributed by atoms with Crippen LogP contribution in [0.3, 0.4) is 0 Å². The molecule has 0 aliphatic carbocycles. The van der Waals surface area contributed by atoms with Crippen molar-refractivity contribution >= 4 is 37.2 Å². The van der Waals surface area contributed by atoms with Crippen LogP contribution in [0.15, 0.2) is 42.7 Å². The van der Waals surface area contributed by atoms with Crippen LogP contribution in [0.1, 0.15) is 26.7 Å². The fourth-order valence-electron chi connectivity index (χ4n) is 3.91. The van der Waals surface area contributed by atoms with Crippen molar-refractivity contribution in [1.82, 2.24) is 9.97 Å². The molecule has 1 fully saturated rings. The van der Waals surface area contributed by atoms with Crippen molar-refractivity contribution < 1.29 is 8.42 Å². The van der Waals surface area contributed by atoms with Gasteiger partial charge < -0.3 is 4.90 Å². The number of fused-ring (bicyclic) bond motifs is 1. The van der Waals surface area contributed by atoms with E-state index in [9.17, 15) is 8.42 Å². The van der Waals surface area contributed by atoms with Gasteiger partial charge in [-0.05, 0) is 24.5 Å². The minimum atomic E-state index is -3.10. The Morgan fingerprint density at radius 3 is 2.59 bits per heavy atom. The minimum absolute atomic E-state index is 0.176. The molecule has 5 nitrogen and oxygen atoms in total. The molecule has 0 N–H and O–H groups in total. The van der Waals surface area contributed by atoms with E-state index in [0.717, 1.165) is 26.5 Å². The lowest BCUT2D eigenvalue weighted by Gasteiger charge is -2.42. The van der Waals surface area contributed by atoms with Crippen LogP contribution in [-0.2, 0) is 9.84 Å². The van der Waals surface area contributed by atoms with Gasteiger partial charge in [0.05, 0.1) is 15.9 Å². The predicted molar refractivity (Wildman–Crippen MR) is 112 cm³/mol. The Morgan fingerprint density at radius 1 is 1.15 bits per heavy atom. The third kappa shape index (κ3) is 3.02. The average Bonchev–Trinajstić information content (AvgIpc) is 3.13. The first-order valence-corrected chi connectivity index (χ1v) is 11.7. The van der Waals surface area contributed by atoms with Gasteiger partial charge in [0.25, 0.3) is 0 Å². The van der Waals surface area contributed by atoms with Gasteiger partial charge in [0.1, 0.15) is 17.0 Å². The van der Waals surface area contributed by atoms with Gasteiger partial charge in [0.2, 0.25) is 0 Å². The van der Waals surface area contributed by atoms with E-state index in [0.29, 0.717) is 25.9 Å². The van der Waals surface area contributed by atoms with Gasteiger partial charge in [-0.3, -0.25) is 0 Å². The standard InChI is InChI=1S/C20H23N3O2S2/c1-3-20(4-2)13-23(10-11-27(20,24)25)18-16-12-17(15-8-6-5-7-9-15)26-19(16)22-14-21-18/h5-9,12,14H,3-4,10-11,13H2,1-2H3. The van der Waals surface area contributed by atoms with Gasteiger partial charge in [-0.15, -0.1) is 11.3 Å². The summed E-state index contributed by atoms with van der Waals surface area (Å²) in [5, 5.41) is 1.00. The molecule has 1 aliphatic heterocycles. The summed E-state index contributed by atoms with van der Waals surface area (Å²) < 4.78 is 24.8. The molecule has 7 heteroatoms. The lowest BCUT2D eigenvalue weighted by molar-refractivity contribution is 0.458. The highest BCUT2D eigenvalue weighted by Gasteiger charge is 2.45. The molecule has 3 aromatic rings. The van der Waals surface area contributed by atoms with Crippen LogP contribution >= 0.6 is 11.3 Å². The number of sulfone groups is 1. The van der Waals surface area contributed by atoms with Crippen molar-refractivity contribution in [3.8, 4) is 10.4 Å². The smallest absolute Gasteiger partial charge is 0.159 e. The van der Waals surface area contributed by atoms with Crippen molar-refractivity contribution in [2.45, 2.75) is 31.4 Å². The van der Waals surface area contributed by atoms with E-state index in [4.69, 9.17) is 0 Å². The lowest BCUT2D eigenvalue weighted by Crippen LogP contribution is -2.56. The number of benzene rings is 1. The van der Waals surface area contributed by atoms with Crippen molar-refractivity contribution in [2.24, 2.45) is 0 Å². The van der Waals surface area contributed by atoms with Crippen LogP contribution in [-0.4, -0.2) is 42.0 Å². The van der Waals surface area contributed by atoms with E-state index in [2.05, 4.69) is 33.1 Å². The summed E-state index contributed by atoms with van der Waals surface area (Å²) >= 11 is 1.64. The van der Waals surface area contributed by atoms with Crippen molar-refractivity contribution in [3.05, 3.63) is 42.7 Å². The molecule has 0 bridgehead atoms. The molecule has 0 amide bonds. The summed E-state index contributed by atoms with van der Waals surface area (Å²) in [5.41, 5.74) is 1.16. The van der Waals surface area contributed by atoms with E-state index in [-0.39, 0.29) is 5.75 Å². The zero-order chi connectivity index (χ0) is 19.1. The maximum Gasteiger partial charge on any atom is 0.159 e. The molecular formula is C20H23N3O2S2. The molecule has 2 aromatic heterocycles. The Kier molecular flexibility index (Phi) is 4.68. The topological polar surface area (TPSA) is 63.2 Å². The van der Waals surface area contributed by atoms with Crippen LogP contribution in [0.25, 0.3) is 20.7 Å². The van der Waals surface area contributed by atoms with Crippen molar-refractivity contribution in [3.63, 3.8) is 0 Å². The van der Waals surface area contributed by atoms with Gasteiger partial charge in [0, 0.05) is 18.0 Å². The summed E-state index contributed by atoms with van der Waals surface area (Å²) in [7, 11) is -3.10. The fraction of sp³-hybridized carbons (Fsp3) is 0.400. The minimum Gasteiger partial charge on any atom is -0.353 e. The highest BCUT2D eigenvalue weighted by Crippen LogP contribution is 2.39. The molecule has 0 radical (unpaired) electrons. The monoisotopic (exact) mass is 401 g/mol. The summed E-state index contributed by atoms with van der Waals surface area (Å²) in [6.07, 6.45) is 2.83. The molecule has 3 heterocycles. The SMILES string of the molecule is CCC1(CC)CN(c2ncnc3sc(-c4ccccc4)cc23)CCS1(=O)=O. The molecule has 0 atom stereocenters. The first-order valence-electron chi connectivity index (χ1n) is 9.27. The van der Waals surface area contributed by atoms with E-state index in [1.54, 1.807) is 17.7 Å². The molecule has 4 rings (SSSR count). The largest absolute Gasteiger partial charge is 0.353 e. The molecule has 0 saturated carbocycles. The maximum absolute atomic E-state index is 12.7. The molecule has 0 spiro atoms. The number of anilines is 1. The molecule has 1 saturated heterocycles. The van der Waals surface area contributed by atoms with Crippen LogP contribution in [0.2, 0.25) is 0 Å². The van der Waals surface area contributed by atoms with E-state index in [1.165, 1.54) is 0 Å². The molecule has 1 aromatic carbocycles. The third-order valence-electron chi connectivity index (χ3n) is 5.72. The Hall–Kier alpha value is -1.99. The van der Waals surface area contributed by atoms with Crippen LogP contribution in [0.5, 0.6) is 0 Å². The van der Waals surface area contributed by atoms with Gasteiger partial charge in [-0.25, -0.2) is 18.4 Å². The Balaban J connectivity index is 1.77. The summed E-state index contributed by atoms with van der Waals surface area (Å²) in [5.74, 6) is 1.02. The van der Waals surface area contributed by atoms with Crippen LogP contribution in [0, 0.1) is 0 Å². The molecule has 0 unspecified atom stereocenters. The molecule has 142 valence electrons.